The van der Waals surface area contributed by atoms with Gasteiger partial charge in [0.15, 0.2) is 0 Å². The second kappa shape index (κ2) is 9.50. The summed E-state index contributed by atoms with van der Waals surface area (Å²) in [5.74, 6) is -0.578. The SMILES string of the molecule is CCc1ccc(CCC(=O)NCC(=O)OCc2ccccc2)cc1. The molecule has 4 heteroatoms. The number of ether oxygens (including phenoxy) is 1. The zero-order chi connectivity index (χ0) is 17.2. The molecule has 2 aromatic carbocycles. The van der Waals surface area contributed by atoms with E-state index < -0.39 is 5.97 Å². The van der Waals surface area contributed by atoms with Gasteiger partial charge >= 0.3 is 5.97 Å². The number of hydrogen-bond donors (Lipinski definition) is 1. The van der Waals surface area contributed by atoms with Gasteiger partial charge in [-0.25, -0.2) is 0 Å². The molecule has 0 bridgehead atoms. The monoisotopic (exact) mass is 325 g/mol. The molecule has 0 aliphatic rings. The zero-order valence-electron chi connectivity index (χ0n) is 14.0. The van der Waals surface area contributed by atoms with E-state index in [-0.39, 0.29) is 19.1 Å². The third kappa shape index (κ3) is 6.24. The highest BCUT2D eigenvalue weighted by Gasteiger charge is 2.07. The van der Waals surface area contributed by atoms with Gasteiger partial charge in [-0.15, -0.1) is 0 Å². The van der Waals surface area contributed by atoms with Crippen LogP contribution in [0.4, 0.5) is 0 Å². The van der Waals surface area contributed by atoms with Crippen molar-refractivity contribution in [3.05, 3.63) is 71.3 Å². The largest absolute Gasteiger partial charge is 0.460 e. The van der Waals surface area contributed by atoms with Crippen molar-refractivity contribution in [2.24, 2.45) is 0 Å². The van der Waals surface area contributed by atoms with E-state index >= 15 is 0 Å². The first kappa shape index (κ1) is 17.7. The van der Waals surface area contributed by atoms with E-state index in [0.29, 0.717) is 12.8 Å². The topological polar surface area (TPSA) is 55.4 Å². The van der Waals surface area contributed by atoms with Crippen LogP contribution < -0.4 is 5.32 Å². The van der Waals surface area contributed by atoms with Crippen LogP contribution in [0.1, 0.15) is 30.0 Å². The molecule has 0 atom stereocenters. The molecule has 0 radical (unpaired) electrons. The van der Waals surface area contributed by atoms with Crippen molar-refractivity contribution in [1.82, 2.24) is 5.32 Å². The Labute approximate surface area is 142 Å². The Bertz CT molecular complexity index is 650. The second-order valence-corrected chi connectivity index (χ2v) is 5.59. The molecule has 2 aromatic rings. The van der Waals surface area contributed by atoms with Crippen molar-refractivity contribution in [2.75, 3.05) is 6.54 Å². The van der Waals surface area contributed by atoms with Crippen molar-refractivity contribution in [3.8, 4) is 0 Å². The van der Waals surface area contributed by atoms with Gasteiger partial charge in [0.1, 0.15) is 13.2 Å². The fourth-order valence-corrected chi connectivity index (χ4v) is 2.25. The van der Waals surface area contributed by atoms with Crippen molar-refractivity contribution < 1.29 is 14.3 Å². The molecule has 0 fully saturated rings. The van der Waals surface area contributed by atoms with Crippen LogP contribution in [0, 0.1) is 0 Å². The summed E-state index contributed by atoms with van der Waals surface area (Å²) in [5.41, 5.74) is 3.33. The van der Waals surface area contributed by atoms with Crippen LogP contribution in [0.5, 0.6) is 0 Å². The van der Waals surface area contributed by atoms with Gasteiger partial charge in [0.25, 0.3) is 0 Å². The van der Waals surface area contributed by atoms with Gasteiger partial charge in [0, 0.05) is 6.42 Å². The van der Waals surface area contributed by atoms with Gasteiger partial charge in [0.2, 0.25) is 5.91 Å². The third-order valence-electron chi connectivity index (χ3n) is 3.74. The molecule has 24 heavy (non-hydrogen) atoms. The van der Waals surface area contributed by atoms with Crippen LogP contribution in [0.15, 0.2) is 54.6 Å². The average Bonchev–Trinajstić information content (AvgIpc) is 2.64. The number of rotatable bonds is 8. The van der Waals surface area contributed by atoms with Gasteiger partial charge in [-0.2, -0.15) is 0 Å². The Hall–Kier alpha value is -2.62. The van der Waals surface area contributed by atoms with E-state index in [2.05, 4.69) is 24.4 Å². The quantitative estimate of drug-likeness (QED) is 0.759. The van der Waals surface area contributed by atoms with Crippen LogP contribution in [0.25, 0.3) is 0 Å². The first-order valence-electron chi connectivity index (χ1n) is 8.21. The number of nitrogens with one attached hydrogen (secondary N) is 1. The molecule has 0 aliphatic carbocycles. The molecular weight excluding hydrogens is 302 g/mol. The first-order valence-corrected chi connectivity index (χ1v) is 8.21. The molecule has 0 aromatic heterocycles. The van der Waals surface area contributed by atoms with Gasteiger partial charge in [-0.3, -0.25) is 9.59 Å². The Kier molecular flexibility index (Phi) is 7.02. The van der Waals surface area contributed by atoms with Crippen molar-refractivity contribution in [1.29, 1.82) is 0 Å². The molecule has 1 amide bonds. The van der Waals surface area contributed by atoms with Crippen LogP contribution in [0.2, 0.25) is 0 Å². The number of carbonyl (C=O) groups is 2. The van der Waals surface area contributed by atoms with E-state index in [4.69, 9.17) is 4.74 Å². The van der Waals surface area contributed by atoms with Crippen LogP contribution in [0.3, 0.4) is 0 Å². The maximum atomic E-state index is 11.8. The van der Waals surface area contributed by atoms with Gasteiger partial charge in [-0.1, -0.05) is 61.5 Å². The minimum absolute atomic E-state index is 0.0968. The van der Waals surface area contributed by atoms with Crippen molar-refractivity contribution in [3.63, 3.8) is 0 Å². The standard InChI is InChI=1S/C20H23NO3/c1-2-16-8-10-17(11-9-16)12-13-19(22)21-14-20(23)24-15-18-6-4-3-5-7-18/h3-11H,2,12-15H2,1H3,(H,21,22). The summed E-state index contributed by atoms with van der Waals surface area (Å²) in [6.07, 6.45) is 2.03. The van der Waals surface area contributed by atoms with Gasteiger partial charge in [0.05, 0.1) is 0 Å². The molecule has 0 saturated carbocycles. The Morgan fingerprint density at radius 2 is 1.58 bits per heavy atom. The Balaban J connectivity index is 1.64. The molecule has 0 unspecified atom stereocenters. The van der Waals surface area contributed by atoms with Gasteiger partial charge < -0.3 is 10.1 Å². The predicted molar refractivity (Wildman–Crippen MR) is 93.4 cm³/mol. The van der Waals surface area contributed by atoms with Crippen molar-refractivity contribution >= 4 is 11.9 Å². The number of benzene rings is 2. The van der Waals surface area contributed by atoms with E-state index in [1.54, 1.807) is 0 Å². The summed E-state index contributed by atoms with van der Waals surface area (Å²) in [5, 5.41) is 2.60. The van der Waals surface area contributed by atoms with Gasteiger partial charge in [-0.05, 0) is 29.5 Å². The molecule has 4 nitrogen and oxygen atoms in total. The molecule has 1 N–H and O–H groups in total. The number of aryl methyl sites for hydroxylation is 2. The van der Waals surface area contributed by atoms with E-state index in [1.807, 2.05) is 42.5 Å². The lowest BCUT2D eigenvalue weighted by atomic mass is 10.1. The van der Waals surface area contributed by atoms with Crippen LogP contribution >= 0.6 is 0 Å². The molecular formula is C20H23NO3. The minimum Gasteiger partial charge on any atom is -0.460 e. The van der Waals surface area contributed by atoms with Crippen LogP contribution in [-0.2, 0) is 33.8 Å². The summed E-state index contributed by atoms with van der Waals surface area (Å²) in [6.45, 7) is 2.24. The number of hydrogen-bond acceptors (Lipinski definition) is 3. The normalized spacial score (nSPS) is 10.2. The zero-order valence-corrected chi connectivity index (χ0v) is 14.0. The molecule has 0 saturated heterocycles. The Morgan fingerprint density at radius 1 is 0.917 bits per heavy atom. The number of esters is 1. The number of amides is 1. The Morgan fingerprint density at radius 3 is 2.25 bits per heavy atom. The highest BCUT2D eigenvalue weighted by molar-refractivity contribution is 5.82. The average molecular weight is 325 g/mol. The third-order valence-corrected chi connectivity index (χ3v) is 3.74. The minimum atomic E-state index is -0.431. The summed E-state index contributed by atoms with van der Waals surface area (Å²) < 4.78 is 5.11. The molecule has 0 aliphatic heterocycles. The summed E-state index contributed by atoms with van der Waals surface area (Å²) in [7, 11) is 0. The second-order valence-electron chi connectivity index (χ2n) is 5.59. The van der Waals surface area contributed by atoms with E-state index in [9.17, 15) is 9.59 Å². The highest BCUT2D eigenvalue weighted by atomic mass is 16.5. The van der Waals surface area contributed by atoms with Crippen LogP contribution in [-0.4, -0.2) is 18.4 Å². The summed E-state index contributed by atoms with van der Waals surface area (Å²) >= 11 is 0. The lowest BCUT2D eigenvalue weighted by Gasteiger charge is -2.07. The fourth-order valence-electron chi connectivity index (χ4n) is 2.25. The molecule has 126 valence electrons. The lowest BCUT2D eigenvalue weighted by Crippen LogP contribution is -2.30. The summed E-state index contributed by atoms with van der Waals surface area (Å²) in [4.78, 5) is 23.4. The predicted octanol–water partition coefficient (Wildman–Crippen LogP) is 3.04. The highest BCUT2D eigenvalue weighted by Crippen LogP contribution is 2.07. The molecule has 0 heterocycles. The van der Waals surface area contributed by atoms with E-state index in [1.165, 1.54) is 5.56 Å². The smallest absolute Gasteiger partial charge is 0.325 e. The lowest BCUT2D eigenvalue weighted by molar-refractivity contribution is -0.145. The van der Waals surface area contributed by atoms with E-state index in [0.717, 1.165) is 17.5 Å². The first-order chi connectivity index (χ1) is 11.7. The summed E-state index contributed by atoms with van der Waals surface area (Å²) in [6, 6.07) is 17.7. The molecule has 2 rings (SSSR count). The maximum Gasteiger partial charge on any atom is 0.325 e. The molecule has 0 spiro atoms. The van der Waals surface area contributed by atoms with Crippen molar-refractivity contribution in [2.45, 2.75) is 32.8 Å². The maximum absolute atomic E-state index is 11.8. The fraction of sp³-hybridized carbons (Fsp3) is 0.300. The number of carbonyl (C=O) groups excluding carboxylic acids is 2.